The molecule has 0 aliphatic carbocycles. The molecule has 164 valence electrons. The lowest BCUT2D eigenvalue weighted by molar-refractivity contribution is -0.143. The number of ether oxygens (including phenoxy) is 2. The van der Waals surface area contributed by atoms with Gasteiger partial charge in [0.05, 0.1) is 17.6 Å². The SMILES string of the molecule is CC(=O)Oc1ccc(C(=O)COC(=O)CCC(=O)Nc2ccc(Br)c3cccnc23)cc1. The number of carbonyl (C=O) groups excluding carboxylic acids is 4. The monoisotopic (exact) mass is 498 g/mol. The number of nitrogens with zero attached hydrogens (tertiary/aromatic N) is 1. The number of pyridine rings is 1. The smallest absolute Gasteiger partial charge is 0.308 e. The number of esters is 2. The lowest BCUT2D eigenvalue weighted by Gasteiger charge is -2.09. The highest BCUT2D eigenvalue weighted by Crippen LogP contribution is 2.28. The molecule has 1 heterocycles. The summed E-state index contributed by atoms with van der Waals surface area (Å²) in [5.74, 6) is -1.60. The van der Waals surface area contributed by atoms with Crippen LogP contribution in [-0.2, 0) is 19.1 Å². The Morgan fingerprint density at radius 3 is 2.47 bits per heavy atom. The Morgan fingerprint density at radius 1 is 1.00 bits per heavy atom. The van der Waals surface area contributed by atoms with Crippen LogP contribution >= 0.6 is 15.9 Å². The van der Waals surface area contributed by atoms with Gasteiger partial charge in [-0.25, -0.2) is 0 Å². The van der Waals surface area contributed by atoms with Crippen molar-refractivity contribution < 1.29 is 28.7 Å². The first kappa shape index (κ1) is 23.1. The van der Waals surface area contributed by atoms with Crippen LogP contribution in [0.15, 0.2) is 59.2 Å². The number of carbonyl (C=O) groups is 4. The van der Waals surface area contributed by atoms with Crippen molar-refractivity contribution in [2.45, 2.75) is 19.8 Å². The van der Waals surface area contributed by atoms with Gasteiger partial charge in [0.15, 0.2) is 12.4 Å². The molecule has 0 aliphatic rings. The number of amides is 1. The predicted molar refractivity (Wildman–Crippen MR) is 120 cm³/mol. The lowest BCUT2D eigenvalue weighted by atomic mass is 10.1. The van der Waals surface area contributed by atoms with Crippen molar-refractivity contribution in [3.8, 4) is 5.75 Å². The van der Waals surface area contributed by atoms with E-state index in [9.17, 15) is 19.2 Å². The molecule has 1 N–H and O–H groups in total. The molecule has 3 aromatic rings. The van der Waals surface area contributed by atoms with Crippen LogP contribution in [0.1, 0.15) is 30.1 Å². The first-order valence-corrected chi connectivity index (χ1v) is 10.4. The quantitative estimate of drug-likeness (QED) is 0.283. The number of hydrogen-bond acceptors (Lipinski definition) is 7. The number of anilines is 1. The van der Waals surface area contributed by atoms with E-state index in [4.69, 9.17) is 9.47 Å². The molecule has 0 spiro atoms. The van der Waals surface area contributed by atoms with Gasteiger partial charge in [0.25, 0.3) is 0 Å². The fourth-order valence-electron chi connectivity index (χ4n) is 2.84. The van der Waals surface area contributed by atoms with Crippen molar-refractivity contribution in [2.75, 3.05) is 11.9 Å². The summed E-state index contributed by atoms with van der Waals surface area (Å²) < 4.78 is 10.7. The highest BCUT2D eigenvalue weighted by Gasteiger charge is 2.14. The maximum atomic E-state index is 12.3. The fraction of sp³-hybridized carbons (Fsp3) is 0.174. The maximum Gasteiger partial charge on any atom is 0.308 e. The van der Waals surface area contributed by atoms with Gasteiger partial charge < -0.3 is 14.8 Å². The van der Waals surface area contributed by atoms with E-state index in [2.05, 4.69) is 26.2 Å². The van der Waals surface area contributed by atoms with Gasteiger partial charge in [-0.15, -0.1) is 0 Å². The van der Waals surface area contributed by atoms with Gasteiger partial charge in [-0.1, -0.05) is 22.0 Å². The average Bonchev–Trinajstić information content (AvgIpc) is 2.78. The zero-order chi connectivity index (χ0) is 23.1. The van der Waals surface area contributed by atoms with Crippen molar-refractivity contribution in [3.05, 3.63) is 64.8 Å². The van der Waals surface area contributed by atoms with Gasteiger partial charge in [0.1, 0.15) is 5.75 Å². The van der Waals surface area contributed by atoms with Crippen molar-refractivity contribution >= 4 is 56.1 Å². The van der Waals surface area contributed by atoms with E-state index in [1.807, 2.05) is 6.07 Å². The van der Waals surface area contributed by atoms with E-state index < -0.39 is 24.3 Å². The molecule has 0 unspecified atom stereocenters. The van der Waals surface area contributed by atoms with Crippen molar-refractivity contribution in [1.29, 1.82) is 0 Å². The molecule has 0 saturated carbocycles. The largest absolute Gasteiger partial charge is 0.457 e. The first-order chi connectivity index (χ1) is 15.3. The van der Waals surface area contributed by atoms with Gasteiger partial charge in [0.2, 0.25) is 5.91 Å². The second kappa shape index (κ2) is 10.6. The van der Waals surface area contributed by atoms with Crippen molar-refractivity contribution in [2.24, 2.45) is 0 Å². The summed E-state index contributed by atoms with van der Waals surface area (Å²) in [6, 6.07) is 13.1. The predicted octanol–water partition coefficient (Wildman–Crippen LogP) is 4.07. The molecule has 2 aromatic carbocycles. The summed E-state index contributed by atoms with van der Waals surface area (Å²) >= 11 is 3.44. The normalized spacial score (nSPS) is 10.4. The second-order valence-electron chi connectivity index (χ2n) is 6.74. The molecule has 0 atom stereocenters. The number of Topliss-reactive ketones (excluding diaryl/α,β-unsaturated/α-hetero) is 1. The average molecular weight is 499 g/mol. The third-order valence-corrected chi connectivity index (χ3v) is 5.04. The number of aromatic nitrogens is 1. The molecule has 3 rings (SSSR count). The van der Waals surface area contributed by atoms with Gasteiger partial charge >= 0.3 is 11.9 Å². The standard InChI is InChI=1S/C23H19BrN2O6/c1-14(27)32-16-6-4-15(5-7-16)20(28)13-31-22(30)11-10-21(29)26-19-9-8-18(24)17-3-2-12-25-23(17)19/h2-9,12H,10-11,13H2,1H3,(H,26,29). The second-order valence-corrected chi connectivity index (χ2v) is 7.60. The van der Waals surface area contributed by atoms with Crippen LogP contribution < -0.4 is 10.1 Å². The van der Waals surface area contributed by atoms with Crippen LogP contribution in [0.4, 0.5) is 5.69 Å². The van der Waals surface area contributed by atoms with E-state index in [-0.39, 0.29) is 18.7 Å². The summed E-state index contributed by atoms with van der Waals surface area (Å²) in [5, 5.41) is 3.60. The van der Waals surface area contributed by atoms with Gasteiger partial charge in [-0.05, 0) is 42.5 Å². The summed E-state index contributed by atoms with van der Waals surface area (Å²) in [5.41, 5.74) is 1.47. The molecule has 0 aliphatic heterocycles. The van der Waals surface area contributed by atoms with E-state index in [0.29, 0.717) is 22.5 Å². The Hall–Kier alpha value is -3.59. The number of fused-ring (bicyclic) bond motifs is 1. The number of nitrogens with one attached hydrogen (secondary N) is 1. The number of rotatable bonds is 8. The molecule has 1 amide bonds. The van der Waals surface area contributed by atoms with E-state index >= 15 is 0 Å². The van der Waals surface area contributed by atoms with E-state index in [0.717, 1.165) is 9.86 Å². The Morgan fingerprint density at radius 2 is 1.75 bits per heavy atom. The Bertz CT molecular complexity index is 1180. The molecule has 0 bridgehead atoms. The highest BCUT2D eigenvalue weighted by molar-refractivity contribution is 9.10. The van der Waals surface area contributed by atoms with Crippen LogP contribution in [0.2, 0.25) is 0 Å². The number of halogens is 1. The zero-order valence-electron chi connectivity index (χ0n) is 17.1. The summed E-state index contributed by atoms with van der Waals surface area (Å²) in [4.78, 5) is 51.5. The van der Waals surface area contributed by atoms with Crippen LogP contribution in [0.3, 0.4) is 0 Å². The third kappa shape index (κ3) is 6.21. The van der Waals surface area contributed by atoms with Crippen LogP contribution in [-0.4, -0.2) is 35.2 Å². The molecular formula is C23H19BrN2O6. The molecule has 0 fully saturated rings. The number of benzene rings is 2. The topological polar surface area (TPSA) is 112 Å². The minimum absolute atomic E-state index is 0.103. The van der Waals surface area contributed by atoms with Crippen LogP contribution in [0, 0.1) is 0 Å². The van der Waals surface area contributed by atoms with Crippen LogP contribution in [0.25, 0.3) is 10.9 Å². The molecule has 8 nitrogen and oxygen atoms in total. The van der Waals surface area contributed by atoms with Gasteiger partial charge in [0, 0.05) is 35.0 Å². The minimum atomic E-state index is -0.663. The minimum Gasteiger partial charge on any atom is -0.457 e. The van der Waals surface area contributed by atoms with Crippen molar-refractivity contribution in [1.82, 2.24) is 4.98 Å². The zero-order valence-corrected chi connectivity index (χ0v) is 18.7. The summed E-state index contributed by atoms with van der Waals surface area (Å²) in [6.07, 6.45) is 1.35. The molecule has 9 heteroatoms. The molecule has 32 heavy (non-hydrogen) atoms. The lowest BCUT2D eigenvalue weighted by Crippen LogP contribution is -2.17. The number of ketones is 1. The van der Waals surface area contributed by atoms with E-state index in [1.165, 1.54) is 31.2 Å². The molecule has 1 aromatic heterocycles. The Labute approximate surface area is 192 Å². The van der Waals surface area contributed by atoms with Crippen molar-refractivity contribution in [3.63, 3.8) is 0 Å². The molecule has 0 saturated heterocycles. The van der Waals surface area contributed by atoms with Gasteiger partial charge in [-0.2, -0.15) is 0 Å². The maximum absolute atomic E-state index is 12.3. The summed E-state index contributed by atoms with van der Waals surface area (Å²) in [6.45, 7) is 0.825. The number of hydrogen-bond donors (Lipinski definition) is 1. The Balaban J connectivity index is 1.47. The van der Waals surface area contributed by atoms with E-state index in [1.54, 1.807) is 24.4 Å². The van der Waals surface area contributed by atoms with Crippen LogP contribution in [0.5, 0.6) is 5.75 Å². The third-order valence-electron chi connectivity index (χ3n) is 4.35. The highest BCUT2D eigenvalue weighted by atomic mass is 79.9. The molecule has 0 radical (unpaired) electrons. The fourth-order valence-corrected chi connectivity index (χ4v) is 3.30. The Kier molecular flexibility index (Phi) is 7.67. The molecular weight excluding hydrogens is 480 g/mol. The van der Waals surface area contributed by atoms with Gasteiger partial charge in [-0.3, -0.25) is 24.2 Å². The summed E-state index contributed by atoms with van der Waals surface area (Å²) in [7, 11) is 0. The first-order valence-electron chi connectivity index (χ1n) is 9.64.